The molecule has 0 bridgehead atoms. The molecule has 1 aromatic carbocycles. The molecule has 0 amide bonds. The normalized spacial score (nSPS) is 12.7. The zero-order valence-electron chi connectivity index (χ0n) is 14.4. The summed E-state index contributed by atoms with van der Waals surface area (Å²) >= 11 is 0. The van der Waals surface area contributed by atoms with E-state index in [1.807, 2.05) is 0 Å². The molecule has 1 unspecified atom stereocenters. The first-order valence-corrected chi connectivity index (χ1v) is 8.15. The lowest BCUT2D eigenvalue weighted by molar-refractivity contribution is 0.270. The fraction of sp³-hybridized carbons (Fsp3) is 0.667. The second-order valence-electron chi connectivity index (χ2n) is 6.03. The van der Waals surface area contributed by atoms with Crippen molar-refractivity contribution in [2.75, 3.05) is 27.2 Å². The third-order valence-electron chi connectivity index (χ3n) is 3.86. The van der Waals surface area contributed by atoms with Crippen LogP contribution in [0.2, 0.25) is 0 Å². The summed E-state index contributed by atoms with van der Waals surface area (Å²) in [6, 6.07) is 6.52. The maximum Gasteiger partial charge on any atom is 0.123 e. The standard InChI is InChI=1S/C18H32N2O/c1-6-10-19-12-16-8-9-18(21-5)17(11-16)14-20(4)13-15(3)7-2/h8-9,11,15,19H,6-7,10,12-14H2,1-5H3. The maximum absolute atomic E-state index is 5.51. The fourth-order valence-electron chi connectivity index (χ4n) is 2.49. The highest BCUT2D eigenvalue weighted by Crippen LogP contribution is 2.22. The first-order valence-electron chi connectivity index (χ1n) is 8.15. The molecule has 3 nitrogen and oxygen atoms in total. The molecule has 0 aliphatic rings. The van der Waals surface area contributed by atoms with Crippen molar-refractivity contribution in [1.82, 2.24) is 10.2 Å². The van der Waals surface area contributed by atoms with Crippen molar-refractivity contribution in [3.05, 3.63) is 29.3 Å². The number of methoxy groups -OCH3 is 1. The predicted molar refractivity (Wildman–Crippen MR) is 90.8 cm³/mol. The van der Waals surface area contributed by atoms with E-state index in [1.54, 1.807) is 7.11 Å². The van der Waals surface area contributed by atoms with Gasteiger partial charge in [0.2, 0.25) is 0 Å². The number of hydrogen-bond donors (Lipinski definition) is 1. The lowest BCUT2D eigenvalue weighted by Crippen LogP contribution is -2.24. The van der Waals surface area contributed by atoms with Crippen LogP contribution in [0.4, 0.5) is 0 Å². The first kappa shape index (κ1) is 18.0. The molecule has 1 N–H and O–H groups in total. The number of nitrogens with zero attached hydrogens (tertiary/aromatic N) is 1. The third kappa shape index (κ3) is 6.49. The summed E-state index contributed by atoms with van der Waals surface area (Å²) in [5.74, 6) is 1.72. The highest BCUT2D eigenvalue weighted by atomic mass is 16.5. The Bertz CT molecular complexity index is 406. The summed E-state index contributed by atoms with van der Waals surface area (Å²) in [5, 5.41) is 3.46. The van der Waals surface area contributed by atoms with E-state index in [0.29, 0.717) is 0 Å². The number of ether oxygens (including phenoxy) is 1. The zero-order valence-corrected chi connectivity index (χ0v) is 14.4. The Balaban J connectivity index is 2.70. The third-order valence-corrected chi connectivity index (χ3v) is 3.86. The molecular weight excluding hydrogens is 260 g/mol. The number of hydrogen-bond acceptors (Lipinski definition) is 3. The van der Waals surface area contributed by atoms with E-state index >= 15 is 0 Å². The van der Waals surface area contributed by atoms with Gasteiger partial charge in [-0.05, 0) is 43.6 Å². The molecule has 0 saturated heterocycles. The van der Waals surface area contributed by atoms with Crippen LogP contribution in [0.1, 0.15) is 44.7 Å². The van der Waals surface area contributed by atoms with Crippen molar-refractivity contribution < 1.29 is 4.74 Å². The summed E-state index contributed by atoms with van der Waals surface area (Å²) in [5.41, 5.74) is 2.61. The highest BCUT2D eigenvalue weighted by molar-refractivity contribution is 5.37. The molecule has 1 rings (SSSR count). The van der Waals surface area contributed by atoms with Crippen LogP contribution in [-0.2, 0) is 13.1 Å². The minimum Gasteiger partial charge on any atom is -0.496 e. The van der Waals surface area contributed by atoms with E-state index in [4.69, 9.17) is 4.74 Å². The molecule has 0 radical (unpaired) electrons. The average Bonchev–Trinajstić information content (AvgIpc) is 2.47. The molecule has 1 aromatic rings. The number of benzene rings is 1. The number of nitrogens with one attached hydrogen (secondary N) is 1. The van der Waals surface area contributed by atoms with Crippen LogP contribution in [-0.4, -0.2) is 32.1 Å². The first-order chi connectivity index (χ1) is 10.1. The van der Waals surface area contributed by atoms with Gasteiger partial charge in [0.25, 0.3) is 0 Å². The molecule has 3 heteroatoms. The second-order valence-corrected chi connectivity index (χ2v) is 6.03. The highest BCUT2D eigenvalue weighted by Gasteiger charge is 2.10. The Morgan fingerprint density at radius 1 is 1.29 bits per heavy atom. The second kappa shape index (κ2) is 9.80. The number of rotatable bonds is 10. The minimum atomic E-state index is 0.732. The topological polar surface area (TPSA) is 24.5 Å². The van der Waals surface area contributed by atoms with Gasteiger partial charge in [-0.25, -0.2) is 0 Å². The molecule has 0 aromatic heterocycles. The van der Waals surface area contributed by atoms with Gasteiger partial charge in [-0.3, -0.25) is 0 Å². The Morgan fingerprint density at radius 2 is 2.05 bits per heavy atom. The van der Waals surface area contributed by atoms with Gasteiger partial charge in [0.05, 0.1) is 7.11 Å². The monoisotopic (exact) mass is 292 g/mol. The Labute approximate surface area is 130 Å². The molecule has 0 heterocycles. The van der Waals surface area contributed by atoms with E-state index < -0.39 is 0 Å². The summed E-state index contributed by atoms with van der Waals surface area (Å²) in [6.45, 7) is 10.8. The zero-order chi connectivity index (χ0) is 15.7. The van der Waals surface area contributed by atoms with Gasteiger partial charge in [0.15, 0.2) is 0 Å². The summed E-state index contributed by atoms with van der Waals surface area (Å²) in [6.07, 6.45) is 2.39. The average molecular weight is 292 g/mol. The quantitative estimate of drug-likeness (QED) is 0.666. The van der Waals surface area contributed by atoms with Gasteiger partial charge >= 0.3 is 0 Å². The molecule has 21 heavy (non-hydrogen) atoms. The largest absolute Gasteiger partial charge is 0.496 e. The van der Waals surface area contributed by atoms with E-state index in [-0.39, 0.29) is 0 Å². The molecule has 0 spiro atoms. The summed E-state index contributed by atoms with van der Waals surface area (Å²) in [7, 11) is 3.94. The van der Waals surface area contributed by atoms with Crippen molar-refractivity contribution in [2.45, 2.75) is 46.7 Å². The lowest BCUT2D eigenvalue weighted by Gasteiger charge is -2.22. The smallest absolute Gasteiger partial charge is 0.123 e. The molecule has 0 saturated carbocycles. The van der Waals surface area contributed by atoms with Crippen molar-refractivity contribution in [2.24, 2.45) is 5.92 Å². The van der Waals surface area contributed by atoms with Crippen LogP contribution < -0.4 is 10.1 Å². The van der Waals surface area contributed by atoms with Crippen LogP contribution in [0.5, 0.6) is 5.75 Å². The molecule has 0 fully saturated rings. The molecular formula is C18H32N2O. The fourth-order valence-corrected chi connectivity index (χ4v) is 2.49. The van der Waals surface area contributed by atoms with Crippen molar-refractivity contribution in [3.63, 3.8) is 0 Å². The molecule has 0 aliphatic heterocycles. The van der Waals surface area contributed by atoms with E-state index in [1.165, 1.54) is 24.0 Å². The van der Waals surface area contributed by atoms with Gasteiger partial charge in [0.1, 0.15) is 5.75 Å². The van der Waals surface area contributed by atoms with E-state index in [0.717, 1.165) is 37.8 Å². The van der Waals surface area contributed by atoms with Gasteiger partial charge < -0.3 is 15.0 Å². The Morgan fingerprint density at radius 3 is 2.67 bits per heavy atom. The van der Waals surface area contributed by atoms with E-state index in [9.17, 15) is 0 Å². The van der Waals surface area contributed by atoms with Crippen LogP contribution in [0.25, 0.3) is 0 Å². The lowest BCUT2D eigenvalue weighted by atomic mass is 10.1. The minimum absolute atomic E-state index is 0.732. The Hall–Kier alpha value is -1.06. The van der Waals surface area contributed by atoms with Crippen LogP contribution >= 0.6 is 0 Å². The van der Waals surface area contributed by atoms with E-state index in [2.05, 4.69) is 56.2 Å². The van der Waals surface area contributed by atoms with Crippen molar-refractivity contribution in [1.29, 1.82) is 0 Å². The molecule has 120 valence electrons. The van der Waals surface area contributed by atoms with Crippen LogP contribution in [0.15, 0.2) is 18.2 Å². The van der Waals surface area contributed by atoms with Crippen LogP contribution in [0.3, 0.4) is 0 Å². The SMILES string of the molecule is CCCNCc1ccc(OC)c(CN(C)CC(C)CC)c1. The van der Waals surface area contributed by atoms with Crippen LogP contribution in [0, 0.1) is 5.92 Å². The summed E-state index contributed by atoms with van der Waals surface area (Å²) < 4.78 is 5.51. The van der Waals surface area contributed by atoms with Gasteiger partial charge in [-0.15, -0.1) is 0 Å². The van der Waals surface area contributed by atoms with Gasteiger partial charge in [0, 0.05) is 25.2 Å². The van der Waals surface area contributed by atoms with Crippen molar-refractivity contribution >= 4 is 0 Å². The molecule has 1 atom stereocenters. The van der Waals surface area contributed by atoms with Gasteiger partial charge in [-0.2, -0.15) is 0 Å². The van der Waals surface area contributed by atoms with Gasteiger partial charge in [-0.1, -0.05) is 33.3 Å². The molecule has 0 aliphatic carbocycles. The maximum atomic E-state index is 5.51. The Kier molecular flexibility index (Phi) is 8.40. The predicted octanol–water partition coefficient (Wildman–Crippen LogP) is 3.67. The van der Waals surface area contributed by atoms with Crippen molar-refractivity contribution in [3.8, 4) is 5.75 Å². The summed E-state index contributed by atoms with van der Waals surface area (Å²) in [4.78, 5) is 2.38.